The SMILES string of the molecule is CCCC(C)(NC(=O)c1cnc2ccccn2c1=O)C(=O)O. The fourth-order valence-electron chi connectivity index (χ4n) is 2.22. The van der Waals surface area contributed by atoms with Crippen molar-refractivity contribution >= 4 is 17.5 Å². The number of carbonyl (C=O) groups is 2. The van der Waals surface area contributed by atoms with Gasteiger partial charge in [-0.25, -0.2) is 9.78 Å². The van der Waals surface area contributed by atoms with Crippen LogP contribution >= 0.6 is 0 Å². The molecule has 0 bridgehead atoms. The van der Waals surface area contributed by atoms with Crippen molar-refractivity contribution in [3.63, 3.8) is 0 Å². The molecule has 1 atom stereocenters. The summed E-state index contributed by atoms with van der Waals surface area (Å²) in [7, 11) is 0. The minimum atomic E-state index is -1.42. The molecule has 2 aromatic heterocycles. The summed E-state index contributed by atoms with van der Waals surface area (Å²) in [5.41, 5.74) is -1.73. The van der Waals surface area contributed by atoms with Gasteiger partial charge in [-0.15, -0.1) is 0 Å². The predicted octanol–water partition coefficient (Wildman–Crippen LogP) is 1.07. The number of rotatable bonds is 5. The lowest BCUT2D eigenvalue weighted by molar-refractivity contribution is -0.144. The Labute approximate surface area is 126 Å². The number of amides is 1. The molecule has 2 heterocycles. The number of carboxylic acids is 1. The van der Waals surface area contributed by atoms with Gasteiger partial charge >= 0.3 is 5.97 Å². The predicted molar refractivity (Wildman–Crippen MR) is 79.9 cm³/mol. The van der Waals surface area contributed by atoms with Gasteiger partial charge in [-0.2, -0.15) is 0 Å². The van der Waals surface area contributed by atoms with E-state index in [9.17, 15) is 19.5 Å². The molecule has 0 saturated heterocycles. The lowest BCUT2D eigenvalue weighted by Gasteiger charge is -2.25. The van der Waals surface area contributed by atoms with Crippen LogP contribution < -0.4 is 10.9 Å². The van der Waals surface area contributed by atoms with E-state index in [1.165, 1.54) is 23.7 Å². The summed E-state index contributed by atoms with van der Waals surface area (Å²) in [5, 5.41) is 11.7. The molecule has 7 heteroatoms. The third-order valence-corrected chi connectivity index (χ3v) is 3.47. The lowest BCUT2D eigenvalue weighted by atomic mass is 9.96. The van der Waals surface area contributed by atoms with Crippen molar-refractivity contribution in [2.75, 3.05) is 0 Å². The van der Waals surface area contributed by atoms with Crippen LogP contribution in [-0.4, -0.2) is 31.9 Å². The number of nitrogens with zero attached hydrogens (tertiary/aromatic N) is 2. The zero-order chi connectivity index (χ0) is 16.3. The number of fused-ring (bicyclic) bond motifs is 1. The van der Waals surface area contributed by atoms with Gasteiger partial charge in [0.2, 0.25) is 0 Å². The first-order valence-electron chi connectivity index (χ1n) is 6.91. The minimum absolute atomic E-state index is 0.188. The van der Waals surface area contributed by atoms with Crippen LogP contribution in [0.15, 0.2) is 35.4 Å². The largest absolute Gasteiger partial charge is 0.480 e. The quantitative estimate of drug-likeness (QED) is 0.860. The molecule has 0 spiro atoms. The van der Waals surface area contributed by atoms with Crippen LogP contribution in [0.1, 0.15) is 37.0 Å². The normalized spacial score (nSPS) is 13.5. The fourth-order valence-corrected chi connectivity index (χ4v) is 2.22. The Hall–Kier alpha value is -2.70. The van der Waals surface area contributed by atoms with Gasteiger partial charge in [0.1, 0.15) is 16.7 Å². The number of pyridine rings is 1. The van der Waals surface area contributed by atoms with Crippen molar-refractivity contribution in [2.24, 2.45) is 0 Å². The maximum Gasteiger partial charge on any atom is 0.329 e. The van der Waals surface area contributed by atoms with Gasteiger partial charge in [0, 0.05) is 12.4 Å². The molecule has 2 rings (SSSR count). The fraction of sp³-hybridized carbons (Fsp3) is 0.333. The monoisotopic (exact) mass is 303 g/mol. The number of carbonyl (C=O) groups excluding carboxylic acids is 1. The number of aliphatic carboxylic acids is 1. The van der Waals surface area contributed by atoms with Crippen molar-refractivity contribution < 1.29 is 14.7 Å². The molecule has 0 fully saturated rings. The summed E-state index contributed by atoms with van der Waals surface area (Å²) < 4.78 is 1.24. The smallest absolute Gasteiger partial charge is 0.329 e. The molecule has 116 valence electrons. The minimum Gasteiger partial charge on any atom is -0.480 e. The molecular formula is C15H17N3O4. The summed E-state index contributed by atoms with van der Waals surface area (Å²) in [5.74, 6) is -1.88. The third-order valence-electron chi connectivity index (χ3n) is 3.47. The van der Waals surface area contributed by atoms with E-state index < -0.39 is 23.0 Å². The Kier molecular flexibility index (Phi) is 4.25. The van der Waals surface area contributed by atoms with Gasteiger partial charge in [0.15, 0.2) is 0 Å². The van der Waals surface area contributed by atoms with E-state index in [2.05, 4.69) is 10.3 Å². The van der Waals surface area contributed by atoms with E-state index >= 15 is 0 Å². The zero-order valence-electron chi connectivity index (χ0n) is 12.4. The second-order valence-corrected chi connectivity index (χ2v) is 5.25. The molecule has 0 aliphatic rings. The lowest BCUT2D eigenvalue weighted by Crippen LogP contribution is -2.53. The van der Waals surface area contributed by atoms with Gasteiger partial charge in [-0.05, 0) is 25.5 Å². The van der Waals surface area contributed by atoms with E-state index in [1.807, 2.05) is 6.92 Å². The van der Waals surface area contributed by atoms with Gasteiger partial charge in [-0.1, -0.05) is 19.4 Å². The third kappa shape index (κ3) is 2.83. The van der Waals surface area contributed by atoms with Crippen LogP contribution in [0, 0.1) is 0 Å². The van der Waals surface area contributed by atoms with Gasteiger partial charge in [0.05, 0.1) is 0 Å². The molecule has 0 radical (unpaired) electrons. The molecule has 1 amide bonds. The highest BCUT2D eigenvalue weighted by molar-refractivity contribution is 5.97. The first kappa shape index (κ1) is 15.7. The van der Waals surface area contributed by atoms with E-state index in [1.54, 1.807) is 18.2 Å². The first-order valence-corrected chi connectivity index (χ1v) is 6.91. The molecule has 2 aromatic rings. The Bertz CT molecular complexity index is 784. The van der Waals surface area contributed by atoms with Crippen molar-refractivity contribution in [3.05, 3.63) is 46.5 Å². The average Bonchev–Trinajstić information content (AvgIpc) is 2.47. The molecule has 0 aliphatic carbocycles. The van der Waals surface area contributed by atoms with E-state index in [0.717, 1.165) is 0 Å². The summed E-state index contributed by atoms with van der Waals surface area (Å²) in [6, 6.07) is 5.02. The highest BCUT2D eigenvalue weighted by atomic mass is 16.4. The molecule has 0 aliphatic heterocycles. The summed E-state index contributed by atoms with van der Waals surface area (Å²) in [6.45, 7) is 3.24. The molecule has 0 aromatic carbocycles. The molecule has 2 N–H and O–H groups in total. The van der Waals surface area contributed by atoms with Crippen molar-refractivity contribution in [1.82, 2.24) is 14.7 Å². The first-order chi connectivity index (χ1) is 10.4. The molecule has 0 saturated carbocycles. The second kappa shape index (κ2) is 5.97. The van der Waals surface area contributed by atoms with Gasteiger partial charge in [0.25, 0.3) is 11.5 Å². The second-order valence-electron chi connectivity index (χ2n) is 5.25. The highest BCUT2D eigenvalue weighted by Gasteiger charge is 2.34. The van der Waals surface area contributed by atoms with E-state index in [-0.39, 0.29) is 12.0 Å². The number of nitrogens with one attached hydrogen (secondary N) is 1. The van der Waals surface area contributed by atoms with Gasteiger partial charge < -0.3 is 10.4 Å². The average molecular weight is 303 g/mol. The van der Waals surface area contributed by atoms with Crippen LogP contribution in [-0.2, 0) is 4.79 Å². The summed E-state index contributed by atoms with van der Waals surface area (Å²) >= 11 is 0. The molecule has 7 nitrogen and oxygen atoms in total. The van der Waals surface area contributed by atoms with Crippen LogP contribution in [0.3, 0.4) is 0 Å². The Balaban J connectivity index is 2.40. The Morgan fingerprint density at radius 1 is 1.41 bits per heavy atom. The van der Waals surface area contributed by atoms with Crippen molar-refractivity contribution in [1.29, 1.82) is 0 Å². The number of aromatic nitrogens is 2. The summed E-state index contributed by atoms with van der Waals surface area (Å²) in [6.07, 6.45) is 3.51. The van der Waals surface area contributed by atoms with Crippen molar-refractivity contribution in [2.45, 2.75) is 32.2 Å². The maximum absolute atomic E-state index is 12.3. The molecular weight excluding hydrogens is 286 g/mol. The zero-order valence-corrected chi connectivity index (χ0v) is 12.4. The van der Waals surface area contributed by atoms with Crippen LogP contribution in [0.4, 0.5) is 0 Å². The topological polar surface area (TPSA) is 101 Å². The van der Waals surface area contributed by atoms with Crippen LogP contribution in [0.25, 0.3) is 5.65 Å². The summed E-state index contributed by atoms with van der Waals surface area (Å²) in [4.78, 5) is 40.0. The molecule has 1 unspecified atom stereocenters. The van der Waals surface area contributed by atoms with Crippen molar-refractivity contribution in [3.8, 4) is 0 Å². The van der Waals surface area contributed by atoms with E-state index in [0.29, 0.717) is 12.1 Å². The standard InChI is InChI=1S/C15H17N3O4/c1-3-7-15(2,14(21)22)17-12(19)10-9-16-11-6-4-5-8-18(11)13(10)20/h4-6,8-9H,3,7H2,1-2H3,(H,17,19)(H,21,22). The molecule has 22 heavy (non-hydrogen) atoms. The van der Waals surface area contributed by atoms with Crippen LogP contribution in [0.5, 0.6) is 0 Å². The van der Waals surface area contributed by atoms with Gasteiger partial charge in [-0.3, -0.25) is 14.0 Å². The Morgan fingerprint density at radius 2 is 2.14 bits per heavy atom. The number of hydrogen-bond acceptors (Lipinski definition) is 4. The number of carboxylic acid groups (broad SMARTS) is 1. The highest BCUT2D eigenvalue weighted by Crippen LogP contribution is 2.13. The van der Waals surface area contributed by atoms with Crippen LogP contribution in [0.2, 0.25) is 0 Å². The maximum atomic E-state index is 12.3. The Morgan fingerprint density at radius 3 is 2.77 bits per heavy atom. The number of hydrogen-bond donors (Lipinski definition) is 2. The van der Waals surface area contributed by atoms with E-state index in [4.69, 9.17) is 0 Å².